The Morgan fingerprint density at radius 2 is 2.14 bits per heavy atom. The lowest BCUT2D eigenvalue weighted by atomic mass is 10.0. The summed E-state index contributed by atoms with van der Waals surface area (Å²) in [5, 5.41) is 0. The molecule has 1 atom stereocenters. The number of rotatable bonds is 3. The number of fused-ring (bicyclic) bond motifs is 1. The summed E-state index contributed by atoms with van der Waals surface area (Å²) in [6.45, 7) is 2.61. The van der Waals surface area contributed by atoms with Crippen LogP contribution in [-0.4, -0.2) is 36.7 Å². The molecule has 0 amide bonds. The molecule has 0 saturated carbocycles. The molecule has 1 aromatic carbocycles. The van der Waals surface area contributed by atoms with E-state index < -0.39 is 0 Å². The highest BCUT2D eigenvalue weighted by Crippen LogP contribution is 2.39. The molecule has 5 nitrogen and oxygen atoms in total. The van der Waals surface area contributed by atoms with Crippen molar-refractivity contribution in [3.8, 4) is 17.0 Å². The predicted octanol–water partition coefficient (Wildman–Crippen LogP) is 1.78. The minimum atomic E-state index is 0.0607. The van der Waals surface area contributed by atoms with E-state index in [2.05, 4.69) is 29.0 Å². The number of aryl methyl sites for hydroxylation is 1. The second-order valence-electron chi connectivity index (χ2n) is 5.64. The summed E-state index contributed by atoms with van der Waals surface area (Å²) in [4.78, 5) is 10.9. The molecule has 1 aliphatic rings. The number of hydrogen-bond donors (Lipinski definition) is 1. The van der Waals surface area contributed by atoms with Crippen LogP contribution in [0.3, 0.4) is 0 Å². The molecule has 0 bridgehead atoms. The van der Waals surface area contributed by atoms with E-state index in [-0.39, 0.29) is 6.10 Å². The van der Waals surface area contributed by atoms with Crippen LogP contribution in [0.1, 0.15) is 11.1 Å². The number of nitrogens with zero attached hydrogens (tertiary/aromatic N) is 3. The van der Waals surface area contributed by atoms with Crippen molar-refractivity contribution in [1.29, 1.82) is 0 Å². The van der Waals surface area contributed by atoms with E-state index in [1.54, 1.807) is 12.4 Å². The SMILES string of the molecule is Cc1cc2c(c(-c3cncc(N(C)C)n3)c1)O[C@H](CN)C2. The smallest absolute Gasteiger partial charge is 0.147 e. The van der Waals surface area contributed by atoms with Crippen molar-refractivity contribution in [2.45, 2.75) is 19.4 Å². The molecule has 21 heavy (non-hydrogen) atoms. The Balaban J connectivity index is 2.10. The van der Waals surface area contributed by atoms with Crippen LogP contribution in [0.15, 0.2) is 24.5 Å². The van der Waals surface area contributed by atoms with Crippen molar-refractivity contribution in [3.63, 3.8) is 0 Å². The van der Waals surface area contributed by atoms with E-state index in [0.29, 0.717) is 6.54 Å². The van der Waals surface area contributed by atoms with Gasteiger partial charge in [0.2, 0.25) is 0 Å². The van der Waals surface area contributed by atoms with Gasteiger partial charge >= 0.3 is 0 Å². The van der Waals surface area contributed by atoms with Crippen LogP contribution < -0.4 is 15.4 Å². The van der Waals surface area contributed by atoms with Gasteiger partial charge in [-0.1, -0.05) is 6.07 Å². The molecule has 0 unspecified atom stereocenters. The predicted molar refractivity (Wildman–Crippen MR) is 83.7 cm³/mol. The summed E-state index contributed by atoms with van der Waals surface area (Å²) in [6, 6.07) is 4.26. The molecule has 0 fully saturated rings. The molecule has 0 saturated heterocycles. The van der Waals surface area contributed by atoms with E-state index in [4.69, 9.17) is 10.5 Å². The average Bonchev–Trinajstić information content (AvgIpc) is 2.89. The third-order valence-electron chi connectivity index (χ3n) is 3.66. The van der Waals surface area contributed by atoms with Crippen LogP contribution in [0.25, 0.3) is 11.3 Å². The summed E-state index contributed by atoms with van der Waals surface area (Å²) in [7, 11) is 3.91. The van der Waals surface area contributed by atoms with Gasteiger partial charge in [-0.2, -0.15) is 0 Å². The largest absolute Gasteiger partial charge is 0.488 e. The summed E-state index contributed by atoms with van der Waals surface area (Å²) in [5.74, 6) is 1.73. The maximum atomic E-state index is 5.99. The molecular formula is C16H20N4O. The van der Waals surface area contributed by atoms with Crippen LogP contribution >= 0.6 is 0 Å². The zero-order valence-electron chi connectivity index (χ0n) is 12.6. The first-order valence-electron chi connectivity index (χ1n) is 7.08. The van der Waals surface area contributed by atoms with Gasteiger partial charge in [0, 0.05) is 32.6 Å². The van der Waals surface area contributed by atoms with Gasteiger partial charge in [0.05, 0.1) is 18.1 Å². The molecule has 2 heterocycles. The van der Waals surface area contributed by atoms with Gasteiger partial charge in [0.15, 0.2) is 0 Å². The van der Waals surface area contributed by atoms with E-state index in [0.717, 1.165) is 29.2 Å². The lowest BCUT2D eigenvalue weighted by Crippen LogP contribution is -2.24. The maximum Gasteiger partial charge on any atom is 0.147 e. The highest BCUT2D eigenvalue weighted by Gasteiger charge is 2.26. The van der Waals surface area contributed by atoms with Crippen molar-refractivity contribution in [2.75, 3.05) is 25.5 Å². The Hall–Kier alpha value is -2.14. The Kier molecular flexibility index (Phi) is 3.51. The minimum absolute atomic E-state index is 0.0607. The molecule has 110 valence electrons. The maximum absolute atomic E-state index is 5.99. The summed E-state index contributed by atoms with van der Waals surface area (Å²) in [6.07, 6.45) is 4.46. The number of anilines is 1. The van der Waals surface area contributed by atoms with Gasteiger partial charge in [0.25, 0.3) is 0 Å². The number of hydrogen-bond acceptors (Lipinski definition) is 5. The molecule has 1 aromatic heterocycles. The number of nitrogens with two attached hydrogens (primary N) is 1. The summed E-state index contributed by atoms with van der Waals surface area (Å²) >= 11 is 0. The van der Waals surface area contributed by atoms with Crippen molar-refractivity contribution in [3.05, 3.63) is 35.7 Å². The van der Waals surface area contributed by atoms with E-state index in [1.807, 2.05) is 19.0 Å². The van der Waals surface area contributed by atoms with Crippen molar-refractivity contribution >= 4 is 5.82 Å². The van der Waals surface area contributed by atoms with E-state index in [9.17, 15) is 0 Å². The monoisotopic (exact) mass is 284 g/mol. The topological polar surface area (TPSA) is 64.3 Å². The lowest BCUT2D eigenvalue weighted by molar-refractivity contribution is 0.242. The molecule has 0 radical (unpaired) electrons. The standard InChI is InChI=1S/C16H20N4O/c1-10-4-11-6-12(7-17)21-16(11)13(5-10)14-8-18-9-15(19-14)20(2)3/h4-5,8-9,12H,6-7,17H2,1-3H3/t12-/m0/s1. The van der Waals surface area contributed by atoms with Crippen LogP contribution in [0.2, 0.25) is 0 Å². The van der Waals surface area contributed by atoms with Gasteiger partial charge in [0.1, 0.15) is 17.7 Å². The number of ether oxygens (including phenoxy) is 1. The highest BCUT2D eigenvalue weighted by atomic mass is 16.5. The van der Waals surface area contributed by atoms with Crippen molar-refractivity contribution in [1.82, 2.24) is 9.97 Å². The first-order chi connectivity index (χ1) is 10.1. The average molecular weight is 284 g/mol. The first-order valence-corrected chi connectivity index (χ1v) is 7.08. The van der Waals surface area contributed by atoms with Gasteiger partial charge in [-0.15, -0.1) is 0 Å². The van der Waals surface area contributed by atoms with Crippen LogP contribution in [0, 0.1) is 6.92 Å². The van der Waals surface area contributed by atoms with Crippen molar-refractivity contribution < 1.29 is 4.74 Å². The molecule has 0 spiro atoms. The van der Waals surface area contributed by atoms with Crippen LogP contribution in [-0.2, 0) is 6.42 Å². The second-order valence-corrected chi connectivity index (χ2v) is 5.64. The molecule has 2 N–H and O–H groups in total. The first kappa shape index (κ1) is 13.8. The van der Waals surface area contributed by atoms with Gasteiger partial charge in [-0.3, -0.25) is 4.98 Å². The zero-order valence-corrected chi connectivity index (χ0v) is 12.6. The number of aromatic nitrogens is 2. The zero-order chi connectivity index (χ0) is 15.0. The Labute approximate surface area is 124 Å². The Morgan fingerprint density at radius 3 is 2.86 bits per heavy atom. The Bertz CT molecular complexity index is 669. The molecular weight excluding hydrogens is 264 g/mol. The normalized spacial score (nSPS) is 16.5. The molecule has 0 aliphatic carbocycles. The fourth-order valence-corrected chi connectivity index (χ4v) is 2.62. The fourth-order valence-electron chi connectivity index (χ4n) is 2.62. The molecule has 2 aromatic rings. The van der Waals surface area contributed by atoms with Gasteiger partial charge in [-0.05, 0) is 24.1 Å². The number of benzene rings is 1. The summed E-state index contributed by atoms with van der Waals surface area (Å²) in [5.41, 5.74) is 9.98. The van der Waals surface area contributed by atoms with E-state index in [1.165, 1.54) is 11.1 Å². The lowest BCUT2D eigenvalue weighted by Gasteiger charge is -2.14. The molecule has 1 aliphatic heterocycles. The molecule has 5 heteroatoms. The van der Waals surface area contributed by atoms with Crippen molar-refractivity contribution in [2.24, 2.45) is 5.73 Å². The minimum Gasteiger partial charge on any atom is -0.488 e. The Morgan fingerprint density at radius 1 is 1.33 bits per heavy atom. The summed E-state index contributed by atoms with van der Waals surface area (Å²) < 4.78 is 5.99. The third-order valence-corrected chi connectivity index (χ3v) is 3.66. The van der Waals surface area contributed by atoms with Gasteiger partial charge in [-0.25, -0.2) is 4.98 Å². The van der Waals surface area contributed by atoms with Crippen LogP contribution in [0.4, 0.5) is 5.82 Å². The van der Waals surface area contributed by atoms with E-state index >= 15 is 0 Å². The quantitative estimate of drug-likeness (QED) is 0.930. The molecule has 3 rings (SSSR count). The van der Waals surface area contributed by atoms with Gasteiger partial charge < -0.3 is 15.4 Å². The highest BCUT2D eigenvalue weighted by molar-refractivity contribution is 5.71. The van der Waals surface area contributed by atoms with Crippen LogP contribution in [0.5, 0.6) is 5.75 Å². The second kappa shape index (κ2) is 5.33. The fraction of sp³-hybridized carbons (Fsp3) is 0.375. The third kappa shape index (κ3) is 2.56.